The van der Waals surface area contributed by atoms with E-state index in [-0.39, 0.29) is 11.3 Å². The van der Waals surface area contributed by atoms with Crippen LogP contribution in [-0.2, 0) is 11.2 Å². The van der Waals surface area contributed by atoms with Crippen molar-refractivity contribution >= 4 is 40.0 Å². The van der Waals surface area contributed by atoms with Crippen LogP contribution in [-0.4, -0.2) is 57.8 Å². The SMILES string of the molecule is CN(C)C(=O)c1cc(CCNc2cc(F)ccc2Cl)c2oc(N3CCOCC3)cc(=O)c2c1. The van der Waals surface area contributed by atoms with Gasteiger partial charge in [0.25, 0.3) is 5.91 Å². The van der Waals surface area contributed by atoms with Gasteiger partial charge in [-0.25, -0.2) is 4.39 Å². The molecule has 1 fully saturated rings. The summed E-state index contributed by atoms with van der Waals surface area (Å²) in [4.78, 5) is 29.1. The van der Waals surface area contributed by atoms with Gasteiger partial charge in [-0.05, 0) is 42.3 Å². The third kappa shape index (κ3) is 5.12. The number of nitrogens with zero attached hydrogens (tertiary/aromatic N) is 2. The highest BCUT2D eigenvalue weighted by atomic mass is 35.5. The summed E-state index contributed by atoms with van der Waals surface area (Å²) >= 11 is 6.15. The van der Waals surface area contributed by atoms with Crippen LogP contribution in [0, 0.1) is 5.82 Å². The lowest BCUT2D eigenvalue weighted by atomic mass is 10.0. The minimum absolute atomic E-state index is 0.212. The second-order valence-corrected chi connectivity index (χ2v) is 8.47. The van der Waals surface area contributed by atoms with Crippen LogP contribution in [0.2, 0.25) is 5.02 Å². The summed E-state index contributed by atoms with van der Waals surface area (Å²) in [5, 5.41) is 3.86. The lowest BCUT2D eigenvalue weighted by Crippen LogP contribution is -2.36. The molecular formula is C24H25ClFN3O4. The molecule has 1 aliphatic heterocycles. The fraction of sp³-hybridized carbons (Fsp3) is 0.333. The average Bonchev–Trinajstić information content (AvgIpc) is 2.81. The molecular weight excluding hydrogens is 449 g/mol. The van der Waals surface area contributed by atoms with Gasteiger partial charge in [0.15, 0.2) is 11.3 Å². The molecule has 0 spiro atoms. The molecule has 0 bridgehead atoms. The Hall–Kier alpha value is -3.10. The highest BCUT2D eigenvalue weighted by Crippen LogP contribution is 2.27. The van der Waals surface area contributed by atoms with E-state index in [1.165, 1.54) is 29.2 Å². The molecule has 7 nitrogen and oxygen atoms in total. The number of fused-ring (bicyclic) bond motifs is 1. The van der Waals surface area contributed by atoms with Crippen LogP contribution in [0.25, 0.3) is 11.0 Å². The maximum atomic E-state index is 13.6. The number of carbonyl (C=O) groups excluding carboxylic acids is 1. The van der Waals surface area contributed by atoms with Gasteiger partial charge >= 0.3 is 0 Å². The van der Waals surface area contributed by atoms with E-state index in [4.69, 9.17) is 20.8 Å². The highest BCUT2D eigenvalue weighted by Gasteiger charge is 2.19. The first-order chi connectivity index (χ1) is 15.8. The van der Waals surface area contributed by atoms with E-state index in [2.05, 4.69) is 5.32 Å². The van der Waals surface area contributed by atoms with Crippen molar-refractivity contribution in [3.8, 4) is 0 Å². The first-order valence-corrected chi connectivity index (χ1v) is 11.1. The maximum Gasteiger partial charge on any atom is 0.253 e. The van der Waals surface area contributed by atoms with E-state index in [1.807, 2.05) is 4.90 Å². The molecule has 1 N–H and O–H groups in total. The predicted octanol–water partition coefficient (Wildman–Crippen LogP) is 3.78. The Morgan fingerprint density at radius 3 is 2.67 bits per heavy atom. The second-order valence-electron chi connectivity index (χ2n) is 8.06. The Morgan fingerprint density at radius 2 is 1.94 bits per heavy atom. The molecule has 0 atom stereocenters. The smallest absolute Gasteiger partial charge is 0.253 e. The molecule has 2 heterocycles. The second kappa shape index (κ2) is 9.80. The fourth-order valence-corrected chi connectivity index (χ4v) is 3.97. The predicted molar refractivity (Wildman–Crippen MR) is 127 cm³/mol. The van der Waals surface area contributed by atoms with Gasteiger partial charge in [-0.1, -0.05) is 11.6 Å². The van der Waals surface area contributed by atoms with Crippen LogP contribution >= 0.6 is 11.6 Å². The normalized spacial score (nSPS) is 13.9. The first kappa shape index (κ1) is 23.1. The Morgan fingerprint density at radius 1 is 1.18 bits per heavy atom. The standard InChI is InChI=1S/C24H25ClFN3O4/c1-28(2)24(31)16-11-15(5-6-27-20-13-17(26)3-4-19(20)25)23-18(12-16)21(30)14-22(33-23)29-7-9-32-10-8-29/h3-4,11-14,27H,5-10H2,1-2H3. The van der Waals surface area contributed by atoms with Gasteiger partial charge in [0.05, 0.1) is 29.3 Å². The zero-order valence-corrected chi connectivity index (χ0v) is 19.2. The Kier molecular flexibility index (Phi) is 6.85. The van der Waals surface area contributed by atoms with Crippen molar-refractivity contribution in [3.63, 3.8) is 0 Å². The van der Waals surface area contributed by atoms with E-state index in [1.54, 1.807) is 26.2 Å². The minimum Gasteiger partial charge on any atom is -0.440 e. The lowest BCUT2D eigenvalue weighted by molar-refractivity contribution is 0.0827. The Bertz CT molecular complexity index is 1240. The fourth-order valence-electron chi connectivity index (χ4n) is 3.79. The summed E-state index contributed by atoms with van der Waals surface area (Å²) in [6, 6.07) is 8.88. The van der Waals surface area contributed by atoms with Crippen LogP contribution in [0.1, 0.15) is 15.9 Å². The summed E-state index contributed by atoms with van der Waals surface area (Å²) in [7, 11) is 3.31. The topological polar surface area (TPSA) is 75.0 Å². The number of hydrogen-bond acceptors (Lipinski definition) is 6. The van der Waals surface area contributed by atoms with E-state index in [0.717, 1.165) is 0 Å². The Labute approximate surface area is 195 Å². The molecule has 0 aliphatic carbocycles. The van der Waals surface area contributed by atoms with Crippen molar-refractivity contribution < 1.29 is 18.3 Å². The number of morpholine rings is 1. The van der Waals surface area contributed by atoms with Crippen LogP contribution in [0.3, 0.4) is 0 Å². The van der Waals surface area contributed by atoms with Gasteiger partial charge in [0.2, 0.25) is 0 Å². The van der Waals surface area contributed by atoms with Gasteiger partial charge in [0, 0.05) is 45.4 Å². The molecule has 1 aliphatic rings. The summed E-state index contributed by atoms with van der Waals surface area (Å²) in [5.74, 6) is -0.132. The zero-order chi connectivity index (χ0) is 23.5. The summed E-state index contributed by atoms with van der Waals surface area (Å²) in [6.07, 6.45) is 0.424. The first-order valence-electron chi connectivity index (χ1n) is 10.7. The molecule has 1 amide bonds. The number of anilines is 2. The van der Waals surface area contributed by atoms with Gasteiger partial charge in [-0.2, -0.15) is 0 Å². The molecule has 0 radical (unpaired) electrons. The molecule has 3 aromatic rings. The van der Waals surface area contributed by atoms with E-state index in [9.17, 15) is 14.0 Å². The quantitative estimate of drug-likeness (QED) is 0.587. The number of halogens is 2. The number of ether oxygens (including phenoxy) is 1. The van der Waals surface area contributed by atoms with E-state index in [0.29, 0.717) is 78.0 Å². The molecule has 2 aromatic carbocycles. The van der Waals surface area contributed by atoms with Crippen LogP contribution in [0.4, 0.5) is 16.0 Å². The van der Waals surface area contributed by atoms with Crippen molar-refractivity contribution in [3.05, 3.63) is 68.6 Å². The van der Waals surface area contributed by atoms with Gasteiger partial charge in [-0.15, -0.1) is 0 Å². The molecule has 33 heavy (non-hydrogen) atoms. The molecule has 1 saturated heterocycles. The van der Waals surface area contributed by atoms with Crippen molar-refractivity contribution in [2.75, 3.05) is 57.2 Å². The van der Waals surface area contributed by atoms with Gasteiger partial charge in [0.1, 0.15) is 11.4 Å². The summed E-state index contributed by atoms with van der Waals surface area (Å²) < 4.78 is 25.2. The largest absolute Gasteiger partial charge is 0.440 e. The van der Waals surface area contributed by atoms with E-state index < -0.39 is 5.82 Å². The third-order valence-electron chi connectivity index (χ3n) is 5.51. The maximum absolute atomic E-state index is 13.6. The van der Waals surface area contributed by atoms with Crippen LogP contribution < -0.4 is 15.6 Å². The number of amides is 1. The van der Waals surface area contributed by atoms with Crippen molar-refractivity contribution in [2.45, 2.75) is 6.42 Å². The monoisotopic (exact) mass is 473 g/mol. The van der Waals surface area contributed by atoms with Crippen molar-refractivity contribution in [1.29, 1.82) is 0 Å². The number of benzene rings is 2. The summed E-state index contributed by atoms with van der Waals surface area (Å²) in [6.45, 7) is 2.76. The zero-order valence-electron chi connectivity index (χ0n) is 18.5. The molecule has 9 heteroatoms. The molecule has 1 aromatic heterocycles. The highest BCUT2D eigenvalue weighted by molar-refractivity contribution is 6.33. The molecule has 0 saturated carbocycles. The number of rotatable bonds is 6. The summed E-state index contributed by atoms with van der Waals surface area (Å²) in [5.41, 5.74) is 1.79. The number of carbonyl (C=O) groups is 1. The van der Waals surface area contributed by atoms with Crippen LogP contribution in [0.5, 0.6) is 0 Å². The Balaban J connectivity index is 1.71. The number of hydrogen-bond donors (Lipinski definition) is 1. The van der Waals surface area contributed by atoms with Crippen molar-refractivity contribution in [2.24, 2.45) is 0 Å². The molecule has 174 valence electrons. The third-order valence-corrected chi connectivity index (χ3v) is 5.84. The molecule has 0 unspecified atom stereocenters. The van der Waals surface area contributed by atoms with Gasteiger partial charge < -0.3 is 24.3 Å². The molecule has 4 rings (SSSR count). The number of nitrogens with one attached hydrogen (secondary N) is 1. The average molecular weight is 474 g/mol. The van der Waals surface area contributed by atoms with Gasteiger partial charge in [-0.3, -0.25) is 9.59 Å². The van der Waals surface area contributed by atoms with Crippen LogP contribution in [0.15, 0.2) is 45.6 Å². The minimum atomic E-state index is -0.396. The lowest BCUT2D eigenvalue weighted by Gasteiger charge is -2.27. The van der Waals surface area contributed by atoms with Crippen molar-refractivity contribution in [1.82, 2.24) is 4.90 Å². The van der Waals surface area contributed by atoms with E-state index >= 15 is 0 Å².